The Morgan fingerprint density at radius 3 is 2.64 bits per heavy atom. The van der Waals surface area contributed by atoms with Crippen molar-refractivity contribution in [2.75, 3.05) is 13.1 Å². The van der Waals surface area contributed by atoms with E-state index in [1.165, 1.54) is 34.0 Å². The van der Waals surface area contributed by atoms with Crippen LogP contribution in [0.2, 0.25) is 4.34 Å². The molecule has 0 saturated carbocycles. The Bertz CT molecular complexity index is 1070. The lowest BCUT2D eigenvalue weighted by Crippen LogP contribution is -2.46. The van der Waals surface area contributed by atoms with E-state index >= 15 is 0 Å². The molecule has 0 aliphatic carbocycles. The number of carbonyl (C=O) groups excluding carboxylic acids is 1. The van der Waals surface area contributed by atoms with Crippen LogP contribution in [0.15, 0.2) is 39.2 Å². The van der Waals surface area contributed by atoms with E-state index in [4.69, 9.17) is 11.6 Å². The average Bonchev–Trinajstić information content (AvgIpc) is 3.42. The van der Waals surface area contributed by atoms with Gasteiger partial charge >= 0.3 is 0 Å². The van der Waals surface area contributed by atoms with Gasteiger partial charge in [0, 0.05) is 24.5 Å². The summed E-state index contributed by atoms with van der Waals surface area (Å²) in [5.74, 6) is -0.121. The fourth-order valence-corrected chi connectivity index (χ4v) is 7.19. The number of thiophene rings is 2. The van der Waals surface area contributed by atoms with Crippen LogP contribution in [0.4, 0.5) is 0 Å². The molecule has 0 atom stereocenters. The van der Waals surface area contributed by atoms with Crippen LogP contribution in [-0.4, -0.2) is 43.3 Å². The second-order valence-electron chi connectivity index (χ2n) is 6.26. The third kappa shape index (κ3) is 4.32. The first-order chi connectivity index (χ1) is 13.4. The number of hydrogen-bond donors (Lipinski definition) is 1. The number of thiazole rings is 1. The molecule has 6 nitrogen and oxygen atoms in total. The van der Waals surface area contributed by atoms with Gasteiger partial charge in [-0.3, -0.25) is 4.79 Å². The number of sulfonamides is 1. The van der Waals surface area contributed by atoms with Crippen molar-refractivity contribution in [2.24, 2.45) is 0 Å². The molecule has 0 bridgehead atoms. The Kier molecular flexibility index (Phi) is 5.86. The minimum atomic E-state index is -3.49. The quantitative estimate of drug-likeness (QED) is 0.603. The van der Waals surface area contributed by atoms with Gasteiger partial charge in [0.25, 0.3) is 5.91 Å². The van der Waals surface area contributed by atoms with Crippen LogP contribution in [0.3, 0.4) is 0 Å². The van der Waals surface area contributed by atoms with Gasteiger partial charge in [0.15, 0.2) is 0 Å². The van der Waals surface area contributed by atoms with Gasteiger partial charge in [-0.25, -0.2) is 18.1 Å². The molecule has 1 aliphatic rings. The molecule has 1 aliphatic heterocycles. The first kappa shape index (κ1) is 20.0. The zero-order valence-electron chi connectivity index (χ0n) is 14.5. The fraction of sp³-hybridized carbons (Fsp3) is 0.294. The second-order valence-corrected chi connectivity index (χ2v) is 11.7. The Morgan fingerprint density at radius 2 is 2.00 bits per heavy atom. The van der Waals surface area contributed by atoms with Crippen molar-refractivity contribution in [1.29, 1.82) is 0 Å². The Balaban J connectivity index is 1.36. The number of carbonyl (C=O) groups is 1. The van der Waals surface area contributed by atoms with Crippen molar-refractivity contribution in [1.82, 2.24) is 14.6 Å². The molecular formula is C17H16ClN3O3S4. The predicted octanol–water partition coefficient (Wildman–Crippen LogP) is 4.17. The van der Waals surface area contributed by atoms with Crippen molar-refractivity contribution in [3.8, 4) is 9.88 Å². The van der Waals surface area contributed by atoms with Crippen molar-refractivity contribution >= 4 is 61.5 Å². The molecule has 148 valence electrons. The summed E-state index contributed by atoms with van der Waals surface area (Å²) in [7, 11) is -3.49. The smallest absolute Gasteiger partial charge is 0.273 e. The minimum Gasteiger partial charge on any atom is -0.337 e. The summed E-state index contributed by atoms with van der Waals surface area (Å²) in [5.41, 5.74) is 0.419. The summed E-state index contributed by atoms with van der Waals surface area (Å²) < 4.78 is 28.4. The molecule has 4 heterocycles. The van der Waals surface area contributed by atoms with Gasteiger partial charge in [0.1, 0.15) is 14.9 Å². The van der Waals surface area contributed by atoms with Gasteiger partial charge in [-0.15, -0.1) is 34.0 Å². The van der Waals surface area contributed by atoms with Crippen molar-refractivity contribution in [2.45, 2.75) is 23.1 Å². The molecule has 0 unspecified atom stereocenters. The molecule has 1 N–H and O–H groups in total. The highest BCUT2D eigenvalue weighted by molar-refractivity contribution is 7.91. The molecule has 1 amide bonds. The molecular weight excluding hydrogens is 458 g/mol. The number of nitrogens with zero attached hydrogens (tertiary/aromatic N) is 2. The van der Waals surface area contributed by atoms with Gasteiger partial charge in [-0.1, -0.05) is 17.7 Å². The number of nitrogens with one attached hydrogen (secondary N) is 1. The first-order valence-corrected chi connectivity index (χ1v) is 12.9. The van der Waals surface area contributed by atoms with Crippen LogP contribution >= 0.6 is 45.6 Å². The molecule has 0 radical (unpaired) electrons. The Morgan fingerprint density at radius 1 is 1.21 bits per heavy atom. The highest BCUT2D eigenvalue weighted by Crippen LogP contribution is 2.33. The maximum Gasteiger partial charge on any atom is 0.273 e. The molecule has 4 rings (SSSR count). The number of piperidine rings is 1. The number of hydrogen-bond acceptors (Lipinski definition) is 7. The fourth-order valence-electron chi connectivity index (χ4n) is 2.97. The van der Waals surface area contributed by atoms with Crippen LogP contribution < -0.4 is 4.72 Å². The molecule has 3 aromatic heterocycles. The Labute approximate surface area is 179 Å². The first-order valence-electron chi connectivity index (χ1n) is 8.49. The predicted molar refractivity (Wildman–Crippen MR) is 114 cm³/mol. The third-order valence-electron chi connectivity index (χ3n) is 4.37. The molecule has 28 heavy (non-hydrogen) atoms. The number of amides is 1. The zero-order valence-corrected chi connectivity index (χ0v) is 18.5. The summed E-state index contributed by atoms with van der Waals surface area (Å²) in [5, 5.41) is 4.28. The number of likely N-dealkylation sites (tertiary alicyclic amines) is 1. The Hall–Kier alpha value is -1.30. The van der Waals surface area contributed by atoms with E-state index < -0.39 is 10.0 Å². The van der Waals surface area contributed by atoms with E-state index in [9.17, 15) is 13.2 Å². The van der Waals surface area contributed by atoms with Gasteiger partial charge in [0.05, 0.1) is 9.21 Å². The van der Waals surface area contributed by atoms with Crippen molar-refractivity contribution < 1.29 is 13.2 Å². The summed E-state index contributed by atoms with van der Waals surface area (Å²) in [4.78, 5) is 19.9. The highest BCUT2D eigenvalue weighted by Gasteiger charge is 2.28. The molecule has 0 aromatic carbocycles. The van der Waals surface area contributed by atoms with Crippen LogP contribution in [-0.2, 0) is 10.0 Å². The number of rotatable bonds is 5. The van der Waals surface area contributed by atoms with Gasteiger partial charge in [-0.2, -0.15) is 0 Å². The van der Waals surface area contributed by atoms with Crippen LogP contribution in [0.5, 0.6) is 0 Å². The van der Waals surface area contributed by atoms with Gasteiger partial charge in [0.2, 0.25) is 10.0 Å². The van der Waals surface area contributed by atoms with Crippen molar-refractivity contribution in [3.05, 3.63) is 45.1 Å². The topological polar surface area (TPSA) is 79.4 Å². The van der Waals surface area contributed by atoms with E-state index in [1.807, 2.05) is 12.1 Å². The lowest BCUT2D eigenvalue weighted by molar-refractivity contribution is 0.0706. The van der Waals surface area contributed by atoms with E-state index in [1.54, 1.807) is 27.8 Å². The van der Waals surface area contributed by atoms with E-state index in [-0.39, 0.29) is 11.9 Å². The summed E-state index contributed by atoms with van der Waals surface area (Å²) in [6.45, 7) is 0.988. The van der Waals surface area contributed by atoms with Gasteiger partial charge in [-0.05, 0) is 36.4 Å². The maximum atomic E-state index is 12.7. The van der Waals surface area contributed by atoms with Crippen LogP contribution in [0, 0.1) is 0 Å². The summed E-state index contributed by atoms with van der Waals surface area (Å²) in [6.07, 6.45) is 1.15. The number of halogens is 1. The largest absolute Gasteiger partial charge is 0.337 e. The molecule has 3 aromatic rings. The normalized spacial score (nSPS) is 15.8. The highest BCUT2D eigenvalue weighted by atomic mass is 35.5. The number of aromatic nitrogens is 1. The van der Waals surface area contributed by atoms with E-state index in [0.717, 1.165) is 9.88 Å². The van der Waals surface area contributed by atoms with Crippen LogP contribution in [0.1, 0.15) is 23.3 Å². The van der Waals surface area contributed by atoms with Gasteiger partial charge < -0.3 is 4.90 Å². The molecule has 11 heteroatoms. The maximum absolute atomic E-state index is 12.7. The molecule has 1 fully saturated rings. The van der Waals surface area contributed by atoms with Crippen LogP contribution in [0.25, 0.3) is 9.88 Å². The summed E-state index contributed by atoms with van der Waals surface area (Å²) in [6, 6.07) is 6.84. The lowest BCUT2D eigenvalue weighted by atomic mass is 10.1. The van der Waals surface area contributed by atoms with E-state index in [2.05, 4.69) is 9.71 Å². The molecule has 1 saturated heterocycles. The second kappa shape index (κ2) is 8.21. The molecule has 0 spiro atoms. The summed E-state index contributed by atoms with van der Waals surface area (Å²) >= 11 is 10.0. The average molecular weight is 474 g/mol. The SMILES string of the molecule is O=C(c1csc(-c2ccc(Cl)s2)n1)N1CCC(NS(=O)(=O)c2cccs2)CC1. The monoisotopic (exact) mass is 473 g/mol. The lowest BCUT2D eigenvalue weighted by Gasteiger charge is -2.31. The zero-order chi connectivity index (χ0) is 19.7. The standard InChI is InChI=1S/C17H16ClN3O3S4/c18-14-4-3-13(27-14)16-19-12(10-26-16)17(22)21-7-5-11(6-8-21)20-28(23,24)15-2-1-9-25-15/h1-4,9-11,20H,5-8H2. The third-order valence-corrected chi connectivity index (χ3v) is 9.53. The van der Waals surface area contributed by atoms with Crippen molar-refractivity contribution in [3.63, 3.8) is 0 Å². The minimum absolute atomic E-state index is 0.121. The van der Waals surface area contributed by atoms with E-state index in [0.29, 0.717) is 40.2 Å².